The minimum atomic E-state index is -0.264. The van der Waals surface area contributed by atoms with Gasteiger partial charge in [-0.3, -0.25) is 0 Å². The highest BCUT2D eigenvalue weighted by Crippen LogP contribution is 2.30. The summed E-state index contributed by atoms with van der Waals surface area (Å²) < 4.78 is 8.04. The van der Waals surface area contributed by atoms with Gasteiger partial charge >= 0.3 is 0 Å². The van der Waals surface area contributed by atoms with E-state index in [1.807, 2.05) is 34.9 Å². The maximum atomic E-state index is 9.83. The van der Waals surface area contributed by atoms with Crippen LogP contribution in [0.15, 0.2) is 59.4 Å². The summed E-state index contributed by atoms with van der Waals surface area (Å²) in [5.74, 6) is 1.84. The molecule has 158 valence electrons. The first kappa shape index (κ1) is 19.4. The molecule has 1 aromatic carbocycles. The molecule has 1 aliphatic rings. The molecule has 1 fully saturated rings. The summed E-state index contributed by atoms with van der Waals surface area (Å²) in [6.07, 6.45) is 3.96. The summed E-state index contributed by atoms with van der Waals surface area (Å²) in [6.45, 7) is 5.66. The molecule has 8 nitrogen and oxygen atoms in total. The van der Waals surface area contributed by atoms with Gasteiger partial charge in [0.2, 0.25) is 5.89 Å². The van der Waals surface area contributed by atoms with E-state index in [9.17, 15) is 5.11 Å². The zero-order valence-corrected chi connectivity index (χ0v) is 17.5. The fourth-order valence-corrected chi connectivity index (χ4v) is 3.84. The fourth-order valence-electron chi connectivity index (χ4n) is 3.84. The normalized spacial score (nSPS) is 16.4. The molecule has 0 amide bonds. The van der Waals surface area contributed by atoms with Gasteiger partial charge in [0, 0.05) is 30.4 Å². The van der Waals surface area contributed by atoms with E-state index >= 15 is 0 Å². The van der Waals surface area contributed by atoms with Crippen LogP contribution >= 0.6 is 0 Å². The number of β-amino-alcohol motifs (C(OH)–C–C–N with tert-alkyl or cyclic N) is 1. The Hall–Kier alpha value is -3.52. The van der Waals surface area contributed by atoms with Crippen molar-refractivity contribution in [2.24, 2.45) is 0 Å². The summed E-state index contributed by atoms with van der Waals surface area (Å²) in [5, 5.41) is 18.1. The van der Waals surface area contributed by atoms with Crippen molar-refractivity contribution in [3.05, 3.63) is 55.0 Å². The molecule has 0 aliphatic carbocycles. The second-order valence-electron chi connectivity index (χ2n) is 8.03. The third kappa shape index (κ3) is 3.82. The van der Waals surface area contributed by atoms with Crippen molar-refractivity contribution in [2.45, 2.75) is 32.4 Å². The first-order valence-corrected chi connectivity index (χ1v) is 10.4. The molecule has 0 spiro atoms. The molecule has 4 heterocycles. The van der Waals surface area contributed by atoms with Gasteiger partial charge in [0.1, 0.15) is 17.7 Å². The Balaban J connectivity index is 1.43. The van der Waals surface area contributed by atoms with Crippen LogP contribution in [0.2, 0.25) is 0 Å². The van der Waals surface area contributed by atoms with E-state index in [4.69, 9.17) is 9.40 Å². The zero-order chi connectivity index (χ0) is 21.4. The molecule has 1 N–H and O–H groups in total. The van der Waals surface area contributed by atoms with E-state index in [1.54, 1.807) is 12.5 Å². The lowest BCUT2D eigenvalue weighted by molar-refractivity contribution is 0.198. The third-order valence-electron chi connectivity index (χ3n) is 5.49. The summed E-state index contributed by atoms with van der Waals surface area (Å²) in [4.78, 5) is 11.3. The lowest BCUT2D eigenvalue weighted by atomic mass is 10.1. The molecule has 0 bridgehead atoms. The topological polar surface area (TPSA) is 93.1 Å². The van der Waals surface area contributed by atoms with Crippen molar-refractivity contribution in [2.75, 3.05) is 18.0 Å². The van der Waals surface area contributed by atoms with Gasteiger partial charge in [-0.15, -0.1) is 10.2 Å². The standard InChI is InChI=1S/C23H24N6O2/c1-15(2)29-14-25-27-22(29)19-7-4-8-20(26-19)23-24-12-21(31-23)16-5-3-6-17(11-16)28-10-9-18(30)13-28/h3-8,11-12,14-15,18,30H,9-10,13H2,1-2H3. The SMILES string of the molecule is CC(C)n1cnnc1-c1cccc(-c2ncc(-c3cccc(N4CCC(O)C4)c3)o2)n1. The van der Waals surface area contributed by atoms with Gasteiger partial charge < -0.3 is 19.0 Å². The average Bonchev–Trinajstić information content (AvgIpc) is 3.54. The Morgan fingerprint density at radius 2 is 1.97 bits per heavy atom. The second kappa shape index (κ2) is 7.96. The lowest BCUT2D eigenvalue weighted by Gasteiger charge is -2.18. The van der Waals surface area contributed by atoms with Crippen molar-refractivity contribution in [1.29, 1.82) is 0 Å². The van der Waals surface area contributed by atoms with E-state index in [2.05, 4.69) is 46.1 Å². The number of anilines is 1. The van der Waals surface area contributed by atoms with E-state index in [1.165, 1.54) is 0 Å². The summed E-state index contributed by atoms with van der Waals surface area (Å²) in [7, 11) is 0. The van der Waals surface area contributed by atoms with Gasteiger partial charge in [-0.25, -0.2) is 9.97 Å². The number of aliphatic hydroxyl groups is 1. The predicted molar refractivity (Wildman–Crippen MR) is 117 cm³/mol. The number of aromatic nitrogens is 5. The monoisotopic (exact) mass is 416 g/mol. The Labute approximate surface area is 180 Å². The molecule has 1 aliphatic heterocycles. The summed E-state index contributed by atoms with van der Waals surface area (Å²) in [5.41, 5.74) is 3.37. The lowest BCUT2D eigenvalue weighted by Crippen LogP contribution is -2.20. The summed E-state index contributed by atoms with van der Waals surface area (Å²) >= 11 is 0. The fraction of sp³-hybridized carbons (Fsp3) is 0.304. The number of hydrogen-bond donors (Lipinski definition) is 1. The first-order valence-electron chi connectivity index (χ1n) is 10.4. The number of pyridine rings is 1. The zero-order valence-electron chi connectivity index (χ0n) is 17.5. The van der Waals surface area contributed by atoms with Crippen LogP contribution in [0.5, 0.6) is 0 Å². The highest BCUT2D eigenvalue weighted by Gasteiger charge is 2.21. The Bertz CT molecular complexity index is 1200. The molecule has 1 atom stereocenters. The molecule has 1 saturated heterocycles. The third-order valence-corrected chi connectivity index (χ3v) is 5.49. The van der Waals surface area contributed by atoms with Crippen molar-refractivity contribution >= 4 is 5.69 Å². The molecular formula is C23H24N6O2. The van der Waals surface area contributed by atoms with Gasteiger partial charge in [-0.2, -0.15) is 0 Å². The van der Waals surface area contributed by atoms with Crippen LogP contribution in [-0.2, 0) is 0 Å². The van der Waals surface area contributed by atoms with E-state index in [-0.39, 0.29) is 12.1 Å². The molecule has 0 radical (unpaired) electrons. The number of nitrogens with zero attached hydrogens (tertiary/aromatic N) is 6. The molecule has 1 unspecified atom stereocenters. The highest BCUT2D eigenvalue weighted by atomic mass is 16.4. The number of rotatable bonds is 5. The van der Waals surface area contributed by atoms with Crippen LogP contribution < -0.4 is 4.90 Å². The minimum absolute atomic E-state index is 0.229. The molecule has 4 aromatic rings. The molecular weight excluding hydrogens is 392 g/mol. The van der Waals surface area contributed by atoms with E-state index < -0.39 is 0 Å². The minimum Gasteiger partial charge on any atom is -0.435 e. The molecule has 31 heavy (non-hydrogen) atoms. The molecule has 0 saturated carbocycles. The Kier molecular flexibility index (Phi) is 4.99. The number of aliphatic hydroxyl groups excluding tert-OH is 1. The number of hydrogen-bond acceptors (Lipinski definition) is 7. The molecule has 3 aromatic heterocycles. The van der Waals surface area contributed by atoms with Crippen LogP contribution in [0.1, 0.15) is 26.3 Å². The van der Waals surface area contributed by atoms with Crippen LogP contribution in [0.4, 0.5) is 5.69 Å². The van der Waals surface area contributed by atoms with E-state index in [0.717, 1.165) is 29.9 Å². The maximum absolute atomic E-state index is 9.83. The average molecular weight is 416 g/mol. The van der Waals surface area contributed by atoms with Gasteiger partial charge in [0.25, 0.3) is 0 Å². The van der Waals surface area contributed by atoms with Gasteiger partial charge in [-0.05, 0) is 44.5 Å². The quantitative estimate of drug-likeness (QED) is 0.529. The number of benzene rings is 1. The van der Waals surface area contributed by atoms with Crippen LogP contribution in [0.25, 0.3) is 34.4 Å². The number of oxazole rings is 1. The Morgan fingerprint density at radius 1 is 1.13 bits per heavy atom. The first-order chi connectivity index (χ1) is 15.1. The second-order valence-corrected chi connectivity index (χ2v) is 8.03. The van der Waals surface area contributed by atoms with E-state index in [0.29, 0.717) is 29.7 Å². The van der Waals surface area contributed by atoms with Gasteiger partial charge in [0.05, 0.1) is 12.3 Å². The largest absolute Gasteiger partial charge is 0.435 e. The van der Waals surface area contributed by atoms with Crippen molar-refractivity contribution < 1.29 is 9.52 Å². The van der Waals surface area contributed by atoms with Crippen molar-refractivity contribution in [3.63, 3.8) is 0 Å². The smallest absolute Gasteiger partial charge is 0.245 e. The highest BCUT2D eigenvalue weighted by molar-refractivity contribution is 5.66. The Morgan fingerprint density at radius 3 is 2.77 bits per heavy atom. The summed E-state index contributed by atoms with van der Waals surface area (Å²) in [6, 6.07) is 14.0. The molecule has 8 heteroatoms. The van der Waals surface area contributed by atoms with Crippen LogP contribution in [-0.4, -0.2) is 49.0 Å². The molecule has 5 rings (SSSR count). The van der Waals surface area contributed by atoms with Gasteiger partial charge in [-0.1, -0.05) is 18.2 Å². The predicted octanol–water partition coefficient (Wildman–Crippen LogP) is 3.81. The van der Waals surface area contributed by atoms with Gasteiger partial charge in [0.15, 0.2) is 11.6 Å². The van der Waals surface area contributed by atoms with Crippen LogP contribution in [0, 0.1) is 0 Å². The van der Waals surface area contributed by atoms with Crippen molar-refractivity contribution in [3.8, 4) is 34.4 Å². The van der Waals surface area contributed by atoms with Crippen molar-refractivity contribution in [1.82, 2.24) is 24.7 Å². The maximum Gasteiger partial charge on any atom is 0.245 e. The van der Waals surface area contributed by atoms with Crippen LogP contribution in [0.3, 0.4) is 0 Å².